The third kappa shape index (κ3) is 2.88. The number of ether oxygens (including phenoxy) is 2. The second kappa shape index (κ2) is 5.71. The standard InChI is InChI=1S/C15H21N3O2/c1-12(16-18-7-5-17(2)6-8-18)13-3-4-14-15(11-13)20-10-9-19-14/h3-4,11H,5-10H2,1-2H3/b16-12+. The van der Waals surface area contributed by atoms with Gasteiger partial charge < -0.3 is 14.4 Å². The SMILES string of the molecule is C/C(=N\N1CCN(C)CC1)c1ccc2c(c1)OCCO2. The van der Waals surface area contributed by atoms with Crippen LogP contribution < -0.4 is 9.47 Å². The highest BCUT2D eigenvalue weighted by molar-refractivity contribution is 5.99. The fraction of sp³-hybridized carbons (Fsp3) is 0.533. The average molecular weight is 275 g/mol. The van der Waals surface area contributed by atoms with Crippen molar-refractivity contribution in [2.45, 2.75) is 6.92 Å². The number of hydrogen-bond acceptors (Lipinski definition) is 5. The molecule has 2 heterocycles. The molecule has 1 fully saturated rings. The van der Waals surface area contributed by atoms with E-state index in [1.807, 2.05) is 25.1 Å². The van der Waals surface area contributed by atoms with Gasteiger partial charge in [0.2, 0.25) is 0 Å². The van der Waals surface area contributed by atoms with E-state index >= 15 is 0 Å². The molecule has 0 aliphatic carbocycles. The van der Waals surface area contributed by atoms with Crippen LogP contribution in [0.15, 0.2) is 23.3 Å². The summed E-state index contributed by atoms with van der Waals surface area (Å²) in [5.74, 6) is 1.65. The number of rotatable bonds is 2. The van der Waals surface area contributed by atoms with Crippen molar-refractivity contribution in [1.82, 2.24) is 9.91 Å². The largest absolute Gasteiger partial charge is 0.486 e. The van der Waals surface area contributed by atoms with E-state index in [0.717, 1.165) is 49.0 Å². The van der Waals surface area contributed by atoms with Gasteiger partial charge in [-0.2, -0.15) is 5.10 Å². The molecular formula is C15H21N3O2. The molecule has 2 aliphatic heterocycles. The lowest BCUT2D eigenvalue weighted by atomic mass is 10.1. The Kier molecular flexibility index (Phi) is 3.78. The molecular weight excluding hydrogens is 254 g/mol. The Morgan fingerprint density at radius 1 is 1.05 bits per heavy atom. The van der Waals surface area contributed by atoms with E-state index in [0.29, 0.717) is 13.2 Å². The van der Waals surface area contributed by atoms with Crippen LogP contribution in [0.1, 0.15) is 12.5 Å². The summed E-state index contributed by atoms with van der Waals surface area (Å²) in [5, 5.41) is 6.86. The van der Waals surface area contributed by atoms with Gasteiger partial charge in [0.25, 0.3) is 0 Å². The molecule has 108 valence electrons. The van der Waals surface area contributed by atoms with Crippen LogP contribution in [0, 0.1) is 0 Å². The first-order valence-corrected chi connectivity index (χ1v) is 7.11. The van der Waals surface area contributed by atoms with Gasteiger partial charge in [-0.15, -0.1) is 0 Å². The molecule has 0 spiro atoms. The maximum absolute atomic E-state index is 5.62. The quantitative estimate of drug-likeness (QED) is 0.765. The Labute approximate surface area is 119 Å². The topological polar surface area (TPSA) is 37.3 Å². The zero-order chi connectivity index (χ0) is 13.9. The van der Waals surface area contributed by atoms with E-state index in [1.165, 1.54) is 0 Å². The molecule has 5 heteroatoms. The minimum absolute atomic E-state index is 0.616. The third-order valence-electron chi connectivity index (χ3n) is 3.73. The van der Waals surface area contributed by atoms with Crippen molar-refractivity contribution in [3.8, 4) is 11.5 Å². The molecule has 3 rings (SSSR count). The van der Waals surface area contributed by atoms with Gasteiger partial charge in [0.15, 0.2) is 11.5 Å². The summed E-state index contributed by atoms with van der Waals surface area (Å²) in [4.78, 5) is 2.32. The number of fused-ring (bicyclic) bond motifs is 1. The van der Waals surface area contributed by atoms with Gasteiger partial charge in [0, 0.05) is 31.7 Å². The molecule has 0 radical (unpaired) electrons. The first-order chi connectivity index (χ1) is 9.72. The highest BCUT2D eigenvalue weighted by Crippen LogP contribution is 2.30. The number of benzene rings is 1. The van der Waals surface area contributed by atoms with Crippen LogP contribution in [-0.2, 0) is 0 Å². The lowest BCUT2D eigenvalue weighted by Crippen LogP contribution is -2.42. The van der Waals surface area contributed by atoms with Crippen molar-refractivity contribution in [3.05, 3.63) is 23.8 Å². The van der Waals surface area contributed by atoms with Crippen LogP contribution in [0.25, 0.3) is 0 Å². The van der Waals surface area contributed by atoms with Crippen molar-refractivity contribution in [2.24, 2.45) is 5.10 Å². The molecule has 5 nitrogen and oxygen atoms in total. The summed E-state index contributed by atoms with van der Waals surface area (Å²) >= 11 is 0. The van der Waals surface area contributed by atoms with E-state index in [1.54, 1.807) is 0 Å². The van der Waals surface area contributed by atoms with E-state index in [2.05, 4.69) is 17.0 Å². The second-order valence-corrected chi connectivity index (χ2v) is 5.30. The number of nitrogens with zero attached hydrogens (tertiary/aromatic N) is 3. The van der Waals surface area contributed by atoms with Crippen molar-refractivity contribution in [2.75, 3.05) is 46.4 Å². The highest BCUT2D eigenvalue weighted by atomic mass is 16.6. The zero-order valence-electron chi connectivity index (χ0n) is 12.1. The van der Waals surface area contributed by atoms with Crippen molar-refractivity contribution < 1.29 is 9.47 Å². The average Bonchev–Trinajstić information content (AvgIpc) is 2.49. The molecule has 1 saturated heterocycles. The Morgan fingerprint density at radius 3 is 2.50 bits per heavy atom. The van der Waals surface area contributed by atoms with Crippen LogP contribution in [0.2, 0.25) is 0 Å². The van der Waals surface area contributed by atoms with Gasteiger partial charge in [0.05, 0.1) is 5.71 Å². The maximum atomic E-state index is 5.62. The van der Waals surface area contributed by atoms with E-state index in [-0.39, 0.29) is 0 Å². The van der Waals surface area contributed by atoms with Gasteiger partial charge in [-0.05, 0) is 32.2 Å². The van der Waals surface area contributed by atoms with Crippen molar-refractivity contribution in [1.29, 1.82) is 0 Å². The number of hydrogen-bond donors (Lipinski definition) is 0. The molecule has 1 aromatic carbocycles. The van der Waals surface area contributed by atoms with Crippen LogP contribution in [0.4, 0.5) is 0 Å². The molecule has 1 aromatic rings. The van der Waals surface area contributed by atoms with Crippen molar-refractivity contribution in [3.63, 3.8) is 0 Å². The fourth-order valence-electron chi connectivity index (χ4n) is 2.43. The van der Waals surface area contributed by atoms with E-state index < -0.39 is 0 Å². The van der Waals surface area contributed by atoms with E-state index in [9.17, 15) is 0 Å². The normalized spacial score (nSPS) is 20.1. The monoisotopic (exact) mass is 275 g/mol. The van der Waals surface area contributed by atoms with Gasteiger partial charge in [0.1, 0.15) is 13.2 Å². The lowest BCUT2D eigenvalue weighted by Gasteiger charge is -2.30. The first-order valence-electron chi connectivity index (χ1n) is 7.11. The first kappa shape index (κ1) is 13.2. The predicted molar refractivity (Wildman–Crippen MR) is 78.7 cm³/mol. The summed E-state index contributed by atoms with van der Waals surface area (Å²) in [5.41, 5.74) is 2.11. The van der Waals surface area contributed by atoms with Gasteiger partial charge in [-0.1, -0.05) is 0 Å². The molecule has 0 amide bonds. The Balaban J connectivity index is 1.74. The van der Waals surface area contributed by atoms with Crippen LogP contribution >= 0.6 is 0 Å². The zero-order valence-corrected chi connectivity index (χ0v) is 12.1. The number of likely N-dealkylation sites (N-methyl/N-ethyl adjacent to an activating group) is 1. The molecule has 0 unspecified atom stereocenters. The maximum Gasteiger partial charge on any atom is 0.162 e. The van der Waals surface area contributed by atoms with E-state index in [4.69, 9.17) is 14.6 Å². The van der Waals surface area contributed by atoms with Gasteiger partial charge in [-0.25, -0.2) is 0 Å². The summed E-state index contributed by atoms with van der Waals surface area (Å²) in [7, 11) is 2.15. The highest BCUT2D eigenvalue weighted by Gasteiger charge is 2.15. The smallest absolute Gasteiger partial charge is 0.162 e. The van der Waals surface area contributed by atoms with Gasteiger partial charge >= 0.3 is 0 Å². The summed E-state index contributed by atoms with van der Waals surface area (Å²) in [6.45, 7) is 7.39. The fourth-order valence-corrected chi connectivity index (χ4v) is 2.43. The number of hydrazone groups is 1. The Hall–Kier alpha value is -1.75. The third-order valence-corrected chi connectivity index (χ3v) is 3.73. The van der Waals surface area contributed by atoms with Crippen LogP contribution in [-0.4, -0.2) is 62.1 Å². The summed E-state index contributed by atoms with van der Waals surface area (Å²) in [6, 6.07) is 6.03. The summed E-state index contributed by atoms with van der Waals surface area (Å²) < 4.78 is 11.2. The minimum atomic E-state index is 0.616. The number of piperazine rings is 1. The molecule has 0 aromatic heterocycles. The Bertz CT molecular complexity index is 508. The van der Waals surface area contributed by atoms with Gasteiger partial charge in [-0.3, -0.25) is 5.01 Å². The molecule has 0 atom stereocenters. The van der Waals surface area contributed by atoms with Crippen LogP contribution in [0.3, 0.4) is 0 Å². The molecule has 2 aliphatic rings. The molecule has 0 N–H and O–H groups in total. The van der Waals surface area contributed by atoms with Crippen molar-refractivity contribution >= 4 is 5.71 Å². The van der Waals surface area contributed by atoms with Crippen LogP contribution in [0.5, 0.6) is 11.5 Å². The lowest BCUT2D eigenvalue weighted by molar-refractivity contribution is 0.159. The second-order valence-electron chi connectivity index (χ2n) is 5.30. The predicted octanol–water partition coefficient (Wildman–Crippen LogP) is 1.43. The Morgan fingerprint density at radius 2 is 1.75 bits per heavy atom. The minimum Gasteiger partial charge on any atom is -0.486 e. The molecule has 20 heavy (non-hydrogen) atoms. The molecule has 0 bridgehead atoms. The summed E-state index contributed by atoms with van der Waals surface area (Å²) in [6.07, 6.45) is 0. The molecule has 0 saturated carbocycles.